The minimum Gasteiger partial charge on any atom is -0.457 e. The zero-order valence-corrected chi connectivity index (χ0v) is 9.56. The second-order valence-corrected chi connectivity index (χ2v) is 3.92. The van der Waals surface area contributed by atoms with Crippen LogP contribution in [0.1, 0.15) is 18.5 Å². The summed E-state index contributed by atoms with van der Waals surface area (Å²) >= 11 is 0. The highest BCUT2D eigenvalue weighted by atomic mass is 19.1. The average Bonchev–Trinajstić information content (AvgIpc) is 2.29. The van der Waals surface area contributed by atoms with Crippen molar-refractivity contribution in [1.82, 2.24) is 0 Å². The van der Waals surface area contributed by atoms with E-state index in [9.17, 15) is 4.39 Å². The molecule has 2 aromatic rings. The number of rotatable bonds is 3. The molecule has 17 heavy (non-hydrogen) atoms. The summed E-state index contributed by atoms with van der Waals surface area (Å²) in [6, 6.07) is 13.5. The van der Waals surface area contributed by atoms with E-state index in [1.807, 2.05) is 31.2 Å². The van der Waals surface area contributed by atoms with Gasteiger partial charge in [0.2, 0.25) is 0 Å². The molecule has 1 atom stereocenters. The van der Waals surface area contributed by atoms with E-state index in [2.05, 4.69) is 0 Å². The summed E-state index contributed by atoms with van der Waals surface area (Å²) < 4.78 is 18.5. The van der Waals surface area contributed by atoms with Crippen molar-refractivity contribution in [3.05, 3.63) is 59.9 Å². The van der Waals surface area contributed by atoms with Gasteiger partial charge >= 0.3 is 0 Å². The predicted molar refractivity (Wildman–Crippen MR) is 65.5 cm³/mol. The quantitative estimate of drug-likeness (QED) is 0.875. The third-order valence-corrected chi connectivity index (χ3v) is 2.44. The van der Waals surface area contributed by atoms with Gasteiger partial charge in [0.1, 0.15) is 17.3 Å². The summed E-state index contributed by atoms with van der Waals surface area (Å²) in [6.45, 7) is 1.92. The van der Waals surface area contributed by atoms with Gasteiger partial charge in [-0.3, -0.25) is 0 Å². The summed E-state index contributed by atoms with van der Waals surface area (Å²) in [5.74, 6) is 0.841. The third kappa shape index (κ3) is 3.04. The highest BCUT2D eigenvalue weighted by Crippen LogP contribution is 2.23. The van der Waals surface area contributed by atoms with Crippen LogP contribution in [0.25, 0.3) is 0 Å². The lowest BCUT2D eigenvalue weighted by Gasteiger charge is -2.08. The molecule has 0 fully saturated rings. The van der Waals surface area contributed by atoms with Gasteiger partial charge in [-0.2, -0.15) is 0 Å². The van der Waals surface area contributed by atoms with Crippen LogP contribution in [-0.2, 0) is 0 Å². The average molecular weight is 231 g/mol. The molecule has 0 aromatic heterocycles. The molecule has 0 heterocycles. The van der Waals surface area contributed by atoms with Crippen molar-refractivity contribution in [2.24, 2.45) is 5.73 Å². The smallest absolute Gasteiger partial charge is 0.130 e. The van der Waals surface area contributed by atoms with Crippen LogP contribution in [-0.4, -0.2) is 0 Å². The van der Waals surface area contributed by atoms with Crippen LogP contribution in [0, 0.1) is 5.82 Å². The van der Waals surface area contributed by atoms with Crippen molar-refractivity contribution in [1.29, 1.82) is 0 Å². The molecule has 0 bridgehead atoms. The highest BCUT2D eigenvalue weighted by Gasteiger charge is 2.01. The molecule has 0 saturated heterocycles. The van der Waals surface area contributed by atoms with Gasteiger partial charge in [-0.1, -0.05) is 18.2 Å². The van der Waals surface area contributed by atoms with Gasteiger partial charge in [-0.15, -0.1) is 0 Å². The maximum atomic E-state index is 12.9. The van der Waals surface area contributed by atoms with Crippen LogP contribution in [0.4, 0.5) is 4.39 Å². The van der Waals surface area contributed by atoms with E-state index >= 15 is 0 Å². The minimum atomic E-state index is -0.310. The Morgan fingerprint density at radius 1 is 1.06 bits per heavy atom. The van der Waals surface area contributed by atoms with Crippen LogP contribution >= 0.6 is 0 Å². The molecule has 0 unspecified atom stereocenters. The number of nitrogens with two attached hydrogens (primary N) is 1. The van der Waals surface area contributed by atoms with E-state index in [-0.39, 0.29) is 11.9 Å². The fourth-order valence-corrected chi connectivity index (χ4v) is 1.51. The Labute approximate surface area is 99.8 Å². The maximum absolute atomic E-state index is 12.9. The van der Waals surface area contributed by atoms with Gasteiger partial charge in [-0.25, -0.2) is 4.39 Å². The van der Waals surface area contributed by atoms with Crippen LogP contribution in [0.15, 0.2) is 48.5 Å². The van der Waals surface area contributed by atoms with E-state index < -0.39 is 0 Å². The lowest BCUT2D eigenvalue weighted by atomic mass is 10.1. The molecule has 0 aliphatic heterocycles. The van der Waals surface area contributed by atoms with Crippen molar-refractivity contribution in [2.75, 3.05) is 0 Å². The number of benzene rings is 2. The third-order valence-electron chi connectivity index (χ3n) is 2.44. The zero-order valence-electron chi connectivity index (χ0n) is 9.56. The molecular formula is C14H14FNO. The molecule has 2 nitrogen and oxygen atoms in total. The van der Waals surface area contributed by atoms with E-state index in [1.165, 1.54) is 12.1 Å². The Morgan fingerprint density at radius 3 is 2.35 bits per heavy atom. The first-order valence-electron chi connectivity index (χ1n) is 5.44. The Kier molecular flexibility index (Phi) is 3.40. The number of ether oxygens (including phenoxy) is 1. The topological polar surface area (TPSA) is 35.2 Å². The molecule has 0 aliphatic rings. The lowest BCUT2D eigenvalue weighted by Crippen LogP contribution is -2.04. The van der Waals surface area contributed by atoms with Gasteiger partial charge in [0, 0.05) is 12.1 Å². The molecule has 88 valence electrons. The summed E-state index contributed by atoms with van der Waals surface area (Å²) in [7, 11) is 0. The van der Waals surface area contributed by atoms with Crippen LogP contribution < -0.4 is 10.5 Å². The second kappa shape index (κ2) is 4.97. The van der Waals surface area contributed by atoms with Gasteiger partial charge < -0.3 is 10.5 Å². The number of hydrogen-bond acceptors (Lipinski definition) is 2. The largest absolute Gasteiger partial charge is 0.457 e. The standard InChI is InChI=1S/C14H14FNO/c1-10(16)11-5-7-13(8-6-11)17-14-4-2-3-12(15)9-14/h2-10H,16H2,1H3/t10-/m1/s1. The number of hydrogen-bond donors (Lipinski definition) is 1. The Hall–Kier alpha value is -1.87. The van der Waals surface area contributed by atoms with Crippen LogP contribution in [0.5, 0.6) is 11.5 Å². The summed E-state index contributed by atoms with van der Waals surface area (Å²) in [6.07, 6.45) is 0. The lowest BCUT2D eigenvalue weighted by molar-refractivity contribution is 0.476. The molecular weight excluding hydrogens is 217 g/mol. The first-order valence-corrected chi connectivity index (χ1v) is 5.44. The Bertz CT molecular complexity index is 494. The van der Waals surface area contributed by atoms with E-state index in [4.69, 9.17) is 10.5 Å². The van der Waals surface area contributed by atoms with Crippen LogP contribution in [0.2, 0.25) is 0 Å². The van der Waals surface area contributed by atoms with Gasteiger partial charge in [-0.05, 0) is 36.8 Å². The van der Waals surface area contributed by atoms with E-state index in [0.29, 0.717) is 11.5 Å². The predicted octanol–water partition coefficient (Wildman–Crippen LogP) is 3.64. The van der Waals surface area contributed by atoms with Crippen molar-refractivity contribution < 1.29 is 9.13 Å². The zero-order chi connectivity index (χ0) is 12.3. The van der Waals surface area contributed by atoms with Gasteiger partial charge in [0.25, 0.3) is 0 Å². The van der Waals surface area contributed by atoms with Crippen molar-refractivity contribution in [3.63, 3.8) is 0 Å². The normalized spacial score (nSPS) is 12.2. The highest BCUT2D eigenvalue weighted by molar-refractivity contribution is 5.33. The summed E-state index contributed by atoms with van der Waals surface area (Å²) in [5, 5.41) is 0. The molecule has 0 radical (unpaired) electrons. The SMILES string of the molecule is C[C@@H](N)c1ccc(Oc2cccc(F)c2)cc1. The van der Waals surface area contributed by atoms with Gasteiger partial charge in [0.05, 0.1) is 0 Å². The van der Waals surface area contributed by atoms with Gasteiger partial charge in [0.15, 0.2) is 0 Å². The molecule has 0 aliphatic carbocycles. The van der Waals surface area contributed by atoms with E-state index in [0.717, 1.165) is 5.56 Å². The van der Waals surface area contributed by atoms with Crippen molar-refractivity contribution in [2.45, 2.75) is 13.0 Å². The fourth-order valence-electron chi connectivity index (χ4n) is 1.51. The first-order chi connectivity index (χ1) is 8.15. The second-order valence-electron chi connectivity index (χ2n) is 3.92. The van der Waals surface area contributed by atoms with Crippen molar-refractivity contribution >= 4 is 0 Å². The molecule has 3 heteroatoms. The number of halogens is 1. The Morgan fingerprint density at radius 2 is 1.76 bits per heavy atom. The molecule has 2 aromatic carbocycles. The molecule has 2 rings (SSSR count). The molecule has 0 spiro atoms. The molecule has 0 saturated carbocycles. The Balaban J connectivity index is 2.14. The van der Waals surface area contributed by atoms with Crippen molar-refractivity contribution in [3.8, 4) is 11.5 Å². The fraction of sp³-hybridized carbons (Fsp3) is 0.143. The first kappa shape index (κ1) is 11.6. The minimum absolute atomic E-state index is 0.00165. The van der Waals surface area contributed by atoms with Crippen LogP contribution in [0.3, 0.4) is 0 Å². The summed E-state index contributed by atoms with van der Waals surface area (Å²) in [4.78, 5) is 0. The van der Waals surface area contributed by atoms with E-state index in [1.54, 1.807) is 12.1 Å². The molecule has 2 N–H and O–H groups in total. The molecule has 0 amide bonds. The summed E-state index contributed by atoms with van der Waals surface area (Å²) in [5.41, 5.74) is 6.78. The maximum Gasteiger partial charge on any atom is 0.130 e. The monoisotopic (exact) mass is 231 g/mol.